The Morgan fingerprint density at radius 3 is 2.21 bits per heavy atom. The second kappa shape index (κ2) is 2.43. The fourth-order valence-corrected chi connectivity index (χ4v) is 1.86. The molecule has 1 nitrogen and oxygen atoms in total. The van der Waals surface area contributed by atoms with Gasteiger partial charge in [0.25, 0.3) is 0 Å². The van der Waals surface area contributed by atoms with Gasteiger partial charge >= 0.3 is 0 Å². The predicted octanol–water partition coefficient (Wildman–Crippen LogP) is 3.55. The van der Waals surface area contributed by atoms with E-state index in [9.17, 15) is 15.5 Å². The molecule has 1 aromatic rings. The summed E-state index contributed by atoms with van der Waals surface area (Å²) in [6.45, 7) is -0.0400. The van der Waals surface area contributed by atoms with Gasteiger partial charge in [-0.15, -0.1) is 15.5 Å². The van der Waals surface area contributed by atoms with Crippen LogP contribution < -0.4 is 5.73 Å². The van der Waals surface area contributed by atoms with Crippen LogP contribution in [0.1, 0.15) is 5.56 Å². The minimum Gasteiger partial charge on any atom is -0.326 e. The molecular weight excluding hydrogens is 218 g/mol. The van der Waals surface area contributed by atoms with Crippen molar-refractivity contribution in [2.45, 2.75) is 11.4 Å². The average Bonchev–Trinajstić information content (AvgIpc) is 2.01. The second-order valence-electron chi connectivity index (χ2n) is 3.33. The molecule has 0 aromatic heterocycles. The summed E-state index contributed by atoms with van der Waals surface area (Å²) in [7, 11) is -8.04. The first kappa shape index (κ1) is 11.3. The molecule has 0 atom stereocenters. The minimum atomic E-state index is -8.04. The van der Waals surface area contributed by atoms with Gasteiger partial charge in [0.1, 0.15) is 0 Å². The van der Waals surface area contributed by atoms with Gasteiger partial charge in [-0.3, -0.25) is 0 Å². The standard InChI is InChI=1S/C8H11F4NS/c1-14(9,10,11,12)8-4-2-3-7(5-8)6-13/h2-5H,6,13H2,1H3. The van der Waals surface area contributed by atoms with Gasteiger partial charge in [-0.05, 0) is 17.7 Å². The molecule has 0 amide bonds. The third kappa shape index (κ3) is 2.62. The maximum absolute atomic E-state index is 12.9. The summed E-state index contributed by atoms with van der Waals surface area (Å²) < 4.78 is 51.6. The van der Waals surface area contributed by atoms with E-state index in [-0.39, 0.29) is 18.4 Å². The third-order valence-electron chi connectivity index (χ3n) is 1.73. The highest BCUT2D eigenvalue weighted by atomic mass is 32.5. The summed E-state index contributed by atoms with van der Waals surface area (Å²) in [5, 5.41) is 0. The zero-order chi connectivity index (χ0) is 11.1. The molecule has 0 fully saturated rings. The van der Waals surface area contributed by atoms with E-state index in [1.165, 1.54) is 6.07 Å². The van der Waals surface area contributed by atoms with E-state index >= 15 is 0 Å². The summed E-state index contributed by atoms with van der Waals surface area (Å²) in [4.78, 5) is -1.23. The van der Waals surface area contributed by atoms with Crippen LogP contribution in [0.3, 0.4) is 0 Å². The fraction of sp³-hybridized carbons (Fsp3) is 0.250. The Kier molecular flexibility index (Phi) is 1.97. The molecule has 0 aliphatic carbocycles. The van der Waals surface area contributed by atoms with Crippen LogP contribution in [0.5, 0.6) is 0 Å². The molecule has 0 heterocycles. The minimum absolute atomic E-state index is 0.0400. The van der Waals surface area contributed by atoms with Crippen molar-refractivity contribution in [1.29, 1.82) is 0 Å². The van der Waals surface area contributed by atoms with E-state index in [1.54, 1.807) is 0 Å². The molecule has 0 radical (unpaired) electrons. The SMILES string of the molecule is CS(F)(F)(F)(F)c1cccc(CN)c1. The largest absolute Gasteiger partial charge is 0.326 e. The first-order chi connectivity index (χ1) is 6.03. The van der Waals surface area contributed by atoms with Crippen LogP contribution in [0.25, 0.3) is 0 Å². The van der Waals surface area contributed by atoms with E-state index in [1.807, 2.05) is 0 Å². The molecule has 0 aliphatic rings. The lowest BCUT2D eigenvalue weighted by atomic mass is 10.2. The highest BCUT2D eigenvalue weighted by Crippen LogP contribution is 2.98. The topological polar surface area (TPSA) is 26.0 Å². The maximum Gasteiger partial charge on any atom is 0.184 e. The van der Waals surface area contributed by atoms with Crippen molar-refractivity contribution in [2.75, 3.05) is 6.26 Å². The van der Waals surface area contributed by atoms with Crippen molar-refractivity contribution in [3.63, 3.8) is 0 Å². The predicted molar refractivity (Wildman–Crippen MR) is 50.5 cm³/mol. The van der Waals surface area contributed by atoms with Gasteiger partial charge < -0.3 is 5.73 Å². The normalized spacial score (nSPS) is 17.3. The van der Waals surface area contributed by atoms with Crippen molar-refractivity contribution in [3.05, 3.63) is 29.8 Å². The van der Waals surface area contributed by atoms with E-state index < -0.39 is 14.7 Å². The summed E-state index contributed by atoms with van der Waals surface area (Å²) in [6.07, 6.45) is -0.296. The number of hydrogen-bond acceptors (Lipinski definition) is 1. The number of rotatable bonds is 2. The van der Waals surface area contributed by atoms with Gasteiger partial charge in [-0.25, -0.2) is 0 Å². The first-order valence-corrected chi connectivity index (χ1v) is 6.27. The molecule has 14 heavy (non-hydrogen) atoms. The van der Waals surface area contributed by atoms with Crippen molar-refractivity contribution in [2.24, 2.45) is 5.73 Å². The Labute approximate surface area is 79.3 Å². The van der Waals surface area contributed by atoms with Gasteiger partial charge in [-0.2, -0.15) is 0 Å². The van der Waals surface area contributed by atoms with Gasteiger partial charge in [0.2, 0.25) is 0 Å². The number of halogens is 4. The van der Waals surface area contributed by atoms with Crippen LogP contribution in [0, 0.1) is 0 Å². The molecular formula is C8H11F4NS. The monoisotopic (exact) mass is 229 g/mol. The van der Waals surface area contributed by atoms with E-state index in [2.05, 4.69) is 0 Å². The Balaban J connectivity index is 3.35. The van der Waals surface area contributed by atoms with Gasteiger partial charge in [0.15, 0.2) is 9.84 Å². The Hall–Kier alpha value is -0.750. The summed E-state index contributed by atoms with van der Waals surface area (Å²) in [5.41, 5.74) is 5.44. The van der Waals surface area contributed by atoms with Crippen molar-refractivity contribution in [3.8, 4) is 0 Å². The highest BCUT2D eigenvalue weighted by Gasteiger charge is 2.59. The zero-order valence-corrected chi connectivity index (χ0v) is 8.33. The Morgan fingerprint density at radius 1 is 1.21 bits per heavy atom. The summed E-state index contributed by atoms with van der Waals surface area (Å²) in [5.74, 6) is 0. The van der Waals surface area contributed by atoms with Crippen LogP contribution in [0.2, 0.25) is 0 Å². The lowest BCUT2D eigenvalue weighted by Crippen LogP contribution is -2.11. The summed E-state index contributed by atoms with van der Waals surface area (Å²) in [6, 6.07) is 4.05. The zero-order valence-electron chi connectivity index (χ0n) is 7.51. The lowest BCUT2D eigenvalue weighted by Gasteiger charge is -2.46. The molecule has 2 N–H and O–H groups in total. The maximum atomic E-state index is 12.9. The van der Waals surface area contributed by atoms with Crippen LogP contribution in [-0.2, 0) is 6.54 Å². The molecule has 0 unspecified atom stereocenters. The smallest absolute Gasteiger partial charge is 0.184 e. The van der Waals surface area contributed by atoms with Gasteiger partial charge in [0, 0.05) is 6.54 Å². The average molecular weight is 229 g/mol. The molecule has 0 saturated heterocycles. The highest BCUT2D eigenvalue weighted by molar-refractivity contribution is 8.49. The quantitative estimate of drug-likeness (QED) is 0.771. The molecule has 1 aromatic carbocycles. The Bertz CT molecular complexity index is 356. The Morgan fingerprint density at radius 2 is 1.79 bits per heavy atom. The molecule has 0 spiro atoms. The molecule has 6 heteroatoms. The number of hydrogen-bond donors (Lipinski definition) is 1. The molecule has 0 bridgehead atoms. The van der Waals surface area contributed by atoms with E-state index in [0.29, 0.717) is 0 Å². The van der Waals surface area contributed by atoms with Gasteiger partial charge in [0.05, 0.1) is 11.2 Å². The third-order valence-corrected chi connectivity index (χ3v) is 3.16. The lowest BCUT2D eigenvalue weighted by molar-refractivity contribution is 0.457. The number of benzene rings is 1. The van der Waals surface area contributed by atoms with E-state index in [0.717, 1.165) is 18.2 Å². The van der Waals surface area contributed by atoms with Crippen LogP contribution in [0.4, 0.5) is 15.5 Å². The molecule has 82 valence electrons. The van der Waals surface area contributed by atoms with Crippen molar-refractivity contribution < 1.29 is 15.5 Å². The second-order valence-corrected chi connectivity index (χ2v) is 6.76. The molecule has 1 rings (SSSR count). The number of nitrogens with two attached hydrogens (primary N) is 1. The van der Waals surface area contributed by atoms with Crippen LogP contribution in [0.15, 0.2) is 29.2 Å². The van der Waals surface area contributed by atoms with Crippen LogP contribution >= 0.6 is 9.84 Å². The van der Waals surface area contributed by atoms with Crippen LogP contribution in [-0.4, -0.2) is 6.26 Å². The summed E-state index contributed by atoms with van der Waals surface area (Å²) >= 11 is 0. The fourth-order valence-electron chi connectivity index (χ4n) is 0.991. The first-order valence-electron chi connectivity index (χ1n) is 3.81. The molecule has 0 saturated carbocycles. The van der Waals surface area contributed by atoms with Gasteiger partial charge in [-0.1, -0.05) is 12.1 Å². The van der Waals surface area contributed by atoms with E-state index in [4.69, 9.17) is 5.73 Å². The molecule has 0 aliphatic heterocycles. The van der Waals surface area contributed by atoms with Crippen molar-refractivity contribution in [1.82, 2.24) is 0 Å². The van der Waals surface area contributed by atoms with Crippen molar-refractivity contribution >= 4 is 9.84 Å².